The number of amides is 1. The van der Waals surface area contributed by atoms with E-state index in [2.05, 4.69) is 5.32 Å². The van der Waals surface area contributed by atoms with Crippen molar-refractivity contribution in [2.45, 2.75) is 19.6 Å². The van der Waals surface area contributed by atoms with Crippen LogP contribution in [0.25, 0.3) is 0 Å². The van der Waals surface area contributed by atoms with E-state index < -0.39 is 6.10 Å². The fraction of sp³-hybridized carbons (Fsp3) is 0.562. The number of nitrogens with one attached hydrogen (secondary N) is 1. The van der Waals surface area contributed by atoms with Crippen molar-refractivity contribution in [1.82, 2.24) is 10.2 Å². The number of benzene rings is 1. The van der Waals surface area contributed by atoms with Crippen molar-refractivity contribution in [2.75, 3.05) is 41.0 Å². The van der Waals surface area contributed by atoms with E-state index in [1.54, 1.807) is 26.2 Å². The second-order valence-electron chi connectivity index (χ2n) is 5.39. The lowest BCUT2D eigenvalue weighted by Gasteiger charge is -2.27. The zero-order valence-corrected chi connectivity index (χ0v) is 13.6. The Morgan fingerprint density at radius 2 is 2.05 bits per heavy atom. The molecule has 6 nitrogen and oxygen atoms in total. The van der Waals surface area contributed by atoms with Gasteiger partial charge in [0.2, 0.25) is 0 Å². The number of methoxy groups -OCH3 is 2. The third-order valence-corrected chi connectivity index (χ3v) is 3.83. The van der Waals surface area contributed by atoms with Gasteiger partial charge in [-0.25, -0.2) is 0 Å². The lowest BCUT2D eigenvalue weighted by atomic mass is 10.1. The third-order valence-electron chi connectivity index (χ3n) is 3.83. The molecule has 0 unspecified atom stereocenters. The van der Waals surface area contributed by atoms with Gasteiger partial charge in [-0.1, -0.05) is 0 Å². The van der Waals surface area contributed by atoms with Crippen LogP contribution in [-0.4, -0.2) is 57.9 Å². The third kappa shape index (κ3) is 3.69. The lowest BCUT2D eigenvalue weighted by Crippen LogP contribution is -2.48. The lowest BCUT2D eigenvalue weighted by molar-refractivity contribution is -0.144. The van der Waals surface area contributed by atoms with Crippen molar-refractivity contribution in [3.63, 3.8) is 0 Å². The van der Waals surface area contributed by atoms with E-state index in [-0.39, 0.29) is 5.91 Å². The molecule has 0 saturated carbocycles. The summed E-state index contributed by atoms with van der Waals surface area (Å²) in [5.74, 6) is 1.35. The molecule has 0 aromatic heterocycles. The summed E-state index contributed by atoms with van der Waals surface area (Å²) in [5.41, 5.74) is 2.08. The van der Waals surface area contributed by atoms with Crippen LogP contribution in [0.15, 0.2) is 12.1 Å². The summed E-state index contributed by atoms with van der Waals surface area (Å²) in [6, 6.07) is 3.84. The predicted octanol–water partition coefficient (Wildman–Crippen LogP) is 0.959. The first kappa shape index (κ1) is 16.6. The molecule has 1 aliphatic heterocycles. The van der Waals surface area contributed by atoms with E-state index >= 15 is 0 Å². The smallest absolute Gasteiger partial charge is 0.253 e. The van der Waals surface area contributed by atoms with E-state index in [0.717, 1.165) is 17.7 Å². The van der Waals surface area contributed by atoms with Gasteiger partial charge < -0.3 is 24.4 Å². The molecule has 0 bridgehead atoms. The number of carbonyl (C=O) groups excluding carboxylic acids is 1. The normalized spacial score (nSPS) is 17.9. The maximum atomic E-state index is 12.4. The van der Waals surface area contributed by atoms with Crippen molar-refractivity contribution < 1.29 is 19.0 Å². The van der Waals surface area contributed by atoms with Crippen molar-refractivity contribution in [2.24, 2.45) is 0 Å². The topological polar surface area (TPSA) is 60.0 Å². The highest BCUT2D eigenvalue weighted by atomic mass is 16.5. The van der Waals surface area contributed by atoms with Crippen LogP contribution in [0.5, 0.6) is 11.5 Å². The minimum absolute atomic E-state index is 0.0126. The van der Waals surface area contributed by atoms with Gasteiger partial charge >= 0.3 is 0 Å². The molecule has 1 saturated heterocycles. The van der Waals surface area contributed by atoms with E-state index in [0.29, 0.717) is 31.2 Å². The molecule has 2 rings (SSSR count). The van der Waals surface area contributed by atoms with Crippen molar-refractivity contribution in [1.29, 1.82) is 0 Å². The summed E-state index contributed by atoms with van der Waals surface area (Å²) >= 11 is 0. The summed E-state index contributed by atoms with van der Waals surface area (Å²) in [4.78, 5) is 14.1. The maximum Gasteiger partial charge on any atom is 0.253 e. The van der Waals surface area contributed by atoms with Gasteiger partial charge in [0.15, 0.2) is 11.5 Å². The van der Waals surface area contributed by atoms with Crippen LogP contribution in [0, 0.1) is 6.92 Å². The molecule has 1 heterocycles. The van der Waals surface area contributed by atoms with E-state index in [1.165, 1.54) is 0 Å². The number of rotatable bonds is 5. The van der Waals surface area contributed by atoms with Crippen molar-refractivity contribution >= 4 is 5.91 Å². The molecule has 1 amide bonds. The molecule has 122 valence electrons. The zero-order valence-electron chi connectivity index (χ0n) is 13.6. The average Bonchev–Trinajstić information content (AvgIpc) is 2.56. The first-order valence-electron chi connectivity index (χ1n) is 7.35. The van der Waals surface area contributed by atoms with Gasteiger partial charge in [-0.2, -0.15) is 0 Å². The molecule has 0 radical (unpaired) electrons. The number of hydrogen-bond acceptors (Lipinski definition) is 5. The first-order chi connectivity index (χ1) is 10.6. The number of aryl methyl sites for hydroxylation is 1. The van der Waals surface area contributed by atoms with Crippen molar-refractivity contribution in [3.8, 4) is 11.5 Å². The minimum atomic E-state index is -0.404. The molecule has 1 aromatic rings. The molecule has 22 heavy (non-hydrogen) atoms. The Labute approximate surface area is 131 Å². The number of nitrogens with zero attached hydrogens (tertiary/aromatic N) is 1. The molecule has 1 atom stereocenters. The standard InChI is InChI=1S/C16H24N2O4/c1-11-7-13(20-3)14(21-4)8-12(11)10-18(2)16(19)15-9-17-5-6-22-15/h7-8,15,17H,5-6,9-10H2,1-4H3/t15-/m0/s1. The monoisotopic (exact) mass is 308 g/mol. The summed E-state index contributed by atoms with van der Waals surface area (Å²) in [5, 5.41) is 3.17. The van der Waals surface area contributed by atoms with Gasteiger partial charge in [0.25, 0.3) is 5.91 Å². The van der Waals surface area contributed by atoms with Gasteiger partial charge in [-0.3, -0.25) is 4.79 Å². The van der Waals surface area contributed by atoms with Crippen LogP contribution in [0.4, 0.5) is 0 Å². The second kappa shape index (κ2) is 7.47. The summed E-state index contributed by atoms with van der Waals surface area (Å²) < 4.78 is 16.1. The summed E-state index contributed by atoms with van der Waals surface area (Å²) in [7, 11) is 5.00. The summed E-state index contributed by atoms with van der Waals surface area (Å²) in [6.07, 6.45) is -0.404. The predicted molar refractivity (Wildman–Crippen MR) is 83.4 cm³/mol. The van der Waals surface area contributed by atoms with Gasteiger partial charge in [-0.05, 0) is 30.2 Å². The average molecular weight is 308 g/mol. The summed E-state index contributed by atoms with van der Waals surface area (Å²) in [6.45, 7) is 4.43. The molecule has 1 aromatic carbocycles. The highest BCUT2D eigenvalue weighted by molar-refractivity contribution is 5.81. The van der Waals surface area contributed by atoms with Crippen LogP contribution < -0.4 is 14.8 Å². The van der Waals surface area contributed by atoms with E-state index in [4.69, 9.17) is 14.2 Å². The zero-order chi connectivity index (χ0) is 16.1. The first-order valence-corrected chi connectivity index (χ1v) is 7.35. The highest BCUT2D eigenvalue weighted by Crippen LogP contribution is 2.30. The Morgan fingerprint density at radius 1 is 1.36 bits per heavy atom. The Kier molecular flexibility index (Phi) is 5.63. The van der Waals surface area contributed by atoms with Gasteiger partial charge in [0, 0.05) is 26.7 Å². The fourth-order valence-corrected chi connectivity index (χ4v) is 2.50. The Bertz CT molecular complexity index is 527. The highest BCUT2D eigenvalue weighted by Gasteiger charge is 2.25. The van der Waals surface area contributed by atoms with Gasteiger partial charge in [-0.15, -0.1) is 0 Å². The fourth-order valence-electron chi connectivity index (χ4n) is 2.50. The minimum Gasteiger partial charge on any atom is -0.493 e. The number of ether oxygens (including phenoxy) is 3. The van der Waals surface area contributed by atoms with Crippen molar-refractivity contribution in [3.05, 3.63) is 23.3 Å². The molecular formula is C16H24N2O4. The number of hydrogen-bond donors (Lipinski definition) is 1. The van der Waals surface area contributed by atoms with Crippen LogP contribution in [-0.2, 0) is 16.1 Å². The molecule has 1 aliphatic rings. The second-order valence-corrected chi connectivity index (χ2v) is 5.39. The molecule has 0 aliphatic carbocycles. The number of carbonyl (C=O) groups is 1. The van der Waals surface area contributed by atoms with E-state index in [1.807, 2.05) is 19.1 Å². The SMILES string of the molecule is COc1cc(C)c(CN(C)C(=O)[C@@H]2CNCCO2)cc1OC. The van der Waals surface area contributed by atoms with Crippen LogP contribution >= 0.6 is 0 Å². The maximum absolute atomic E-state index is 12.4. The number of morpholine rings is 1. The quantitative estimate of drug-likeness (QED) is 0.878. The Morgan fingerprint density at radius 3 is 2.64 bits per heavy atom. The van der Waals surface area contributed by atoms with Crippen LogP contribution in [0.3, 0.4) is 0 Å². The Hall–Kier alpha value is -1.79. The molecular weight excluding hydrogens is 284 g/mol. The van der Waals surface area contributed by atoms with E-state index in [9.17, 15) is 4.79 Å². The molecule has 1 fully saturated rings. The van der Waals surface area contributed by atoms with Crippen LogP contribution in [0.2, 0.25) is 0 Å². The Balaban J connectivity index is 2.10. The van der Waals surface area contributed by atoms with Gasteiger partial charge in [0.05, 0.1) is 20.8 Å². The van der Waals surface area contributed by atoms with Gasteiger partial charge in [0.1, 0.15) is 6.10 Å². The molecule has 0 spiro atoms. The number of likely N-dealkylation sites (N-methyl/N-ethyl adjacent to an activating group) is 1. The molecule has 6 heteroatoms. The van der Waals surface area contributed by atoms with Crippen LogP contribution in [0.1, 0.15) is 11.1 Å². The molecule has 1 N–H and O–H groups in total. The largest absolute Gasteiger partial charge is 0.493 e.